The van der Waals surface area contributed by atoms with Gasteiger partial charge in [0.2, 0.25) is 5.82 Å². The second-order valence-corrected chi connectivity index (χ2v) is 7.74. The van der Waals surface area contributed by atoms with Gasteiger partial charge in [-0.05, 0) is 60.7 Å². The highest BCUT2D eigenvalue weighted by atomic mass is 19.1. The molecule has 6 nitrogen and oxygen atoms in total. The average molecular weight is 448 g/mol. The Morgan fingerprint density at radius 1 is 0.912 bits per heavy atom. The van der Waals surface area contributed by atoms with Crippen LogP contribution >= 0.6 is 0 Å². The van der Waals surface area contributed by atoms with Crippen molar-refractivity contribution in [3.8, 4) is 17.3 Å². The summed E-state index contributed by atoms with van der Waals surface area (Å²) in [6.07, 6.45) is 3.42. The lowest BCUT2D eigenvalue weighted by Crippen LogP contribution is -2.20. The van der Waals surface area contributed by atoms with Gasteiger partial charge in [0.05, 0.1) is 22.8 Å². The molecular weight excluding hydrogens is 431 g/mol. The summed E-state index contributed by atoms with van der Waals surface area (Å²) in [7, 11) is 0. The molecule has 0 saturated heterocycles. The van der Waals surface area contributed by atoms with Gasteiger partial charge < -0.3 is 8.98 Å². The number of hydrogen-bond donors (Lipinski definition) is 0. The van der Waals surface area contributed by atoms with Gasteiger partial charge in [0.25, 0.3) is 5.56 Å². The first-order valence-corrected chi connectivity index (χ1v) is 10.7. The lowest BCUT2D eigenvalue weighted by atomic mass is 10.2. The zero-order chi connectivity index (χ0) is 23.1. The SMILES string of the molecule is O=c1c2ccccc2nc(-c2cc3ccccc3o2)n1N=Cc1cccn1-c1ccc(F)cc1. The van der Waals surface area contributed by atoms with E-state index in [2.05, 4.69) is 5.10 Å². The summed E-state index contributed by atoms with van der Waals surface area (Å²) in [4.78, 5) is 18.1. The summed E-state index contributed by atoms with van der Waals surface area (Å²) >= 11 is 0. The molecule has 0 radical (unpaired) electrons. The second-order valence-electron chi connectivity index (χ2n) is 7.74. The topological polar surface area (TPSA) is 65.3 Å². The number of para-hydroxylation sites is 2. The van der Waals surface area contributed by atoms with Gasteiger partial charge in [0, 0.05) is 17.3 Å². The molecule has 0 saturated carbocycles. The fraction of sp³-hybridized carbons (Fsp3) is 0. The summed E-state index contributed by atoms with van der Waals surface area (Å²) < 4.78 is 22.5. The number of aromatic nitrogens is 3. The molecule has 0 aliphatic rings. The predicted molar refractivity (Wildman–Crippen MR) is 130 cm³/mol. The molecule has 0 atom stereocenters. The monoisotopic (exact) mass is 448 g/mol. The first-order chi connectivity index (χ1) is 16.7. The van der Waals surface area contributed by atoms with Crippen molar-refractivity contribution in [2.75, 3.05) is 0 Å². The van der Waals surface area contributed by atoms with E-state index < -0.39 is 0 Å². The van der Waals surface area contributed by atoms with Crippen molar-refractivity contribution in [3.05, 3.63) is 119 Å². The van der Waals surface area contributed by atoms with E-state index in [9.17, 15) is 9.18 Å². The molecular formula is C27H17FN4O2. The molecule has 0 fully saturated rings. The molecule has 3 aromatic carbocycles. The Morgan fingerprint density at radius 3 is 2.56 bits per heavy atom. The van der Waals surface area contributed by atoms with Crippen LogP contribution in [-0.2, 0) is 0 Å². The van der Waals surface area contributed by atoms with Crippen molar-refractivity contribution >= 4 is 28.1 Å². The smallest absolute Gasteiger partial charge is 0.282 e. The summed E-state index contributed by atoms with van der Waals surface area (Å²) in [6, 6.07) is 26.4. The van der Waals surface area contributed by atoms with E-state index in [4.69, 9.17) is 9.40 Å². The van der Waals surface area contributed by atoms with E-state index in [-0.39, 0.29) is 11.4 Å². The van der Waals surface area contributed by atoms with Gasteiger partial charge in [-0.15, -0.1) is 0 Å². The van der Waals surface area contributed by atoms with Crippen molar-refractivity contribution < 1.29 is 8.81 Å². The molecule has 6 aromatic rings. The highest BCUT2D eigenvalue weighted by Crippen LogP contribution is 2.27. The minimum absolute atomic E-state index is 0.302. The van der Waals surface area contributed by atoms with Crippen LogP contribution in [0.25, 0.3) is 39.1 Å². The van der Waals surface area contributed by atoms with E-state index in [1.54, 1.807) is 36.5 Å². The van der Waals surface area contributed by atoms with Crippen LogP contribution in [-0.4, -0.2) is 20.4 Å². The van der Waals surface area contributed by atoms with Gasteiger partial charge in [-0.2, -0.15) is 9.78 Å². The molecule has 0 amide bonds. The Balaban J connectivity index is 1.52. The van der Waals surface area contributed by atoms with Crippen molar-refractivity contribution in [1.82, 2.24) is 14.2 Å². The highest BCUT2D eigenvalue weighted by Gasteiger charge is 2.16. The molecule has 0 N–H and O–H groups in total. The molecule has 0 aliphatic carbocycles. The Morgan fingerprint density at radius 2 is 1.71 bits per heavy atom. The van der Waals surface area contributed by atoms with Gasteiger partial charge >= 0.3 is 0 Å². The molecule has 164 valence electrons. The molecule has 6 rings (SSSR count). The van der Waals surface area contributed by atoms with E-state index in [0.29, 0.717) is 33.8 Å². The van der Waals surface area contributed by atoms with Gasteiger partial charge in [-0.3, -0.25) is 4.79 Å². The molecule has 3 heterocycles. The number of rotatable bonds is 4. The summed E-state index contributed by atoms with van der Waals surface area (Å²) in [6.45, 7) is 0. The molecule has 34 heavy (non-hydrogen) atoms. The Kier molecular flexibility index (Phi) is 4.66. The molecule has 7 heteroatoms. The standard InChI is InChI=1S/C27H17FN4O2/c28-19-11-13-20(14-12-19)31-15-5-7-21(31)17-29-32-26(25-16-18-6-1-4-10-24(18)34-25)30-23-9-3-2-8-22(23)27(32)33/h1-17H. The zero-order valence-electron chi connectivity index (χ0n) is 17.8. The van der Waals surface area contributed by atoms with Crippen molar-refractivity contribution in [3.63, 3.8) is 0 Å². The summed E-state index contributed by atoms with van der Waals surface area (Å²) in [5, 5.41) is 5.87. The Bertz CT molecular complexity index is 1710. The minimum atomic E-state index is -0.310. The Hall–Kier alpha value is -4.78. The maximum Gasteiger partial charge on any atom is 0.282 e. The number of hydrogen-bond acceptors (Lipinski definition) is 4. The molecule has 0 spiro atoms. The normalized spacial score (nSPS) is 11.7. The molecule has 0 aliphatic heterocycles. The van der Waals surface area contributed by atoms with Crippen LogP contribution in [0.2, 0.25) is 0 Å². The second kappa shape index (κ2) is 7.97. The maximum absolute atomic E-state index is 13.4. The predicted octanol–water partition coefficient (Wildman–Crippen LogP) is 5.62. The first kappa shape index (κ1) is 19.9. The van der Waals surface area contributed by atoms with Crippen molar-refractivity contribution in [2.24, 2.45) is 5.10 Å². The fourth-order valence-electron chi connectivity index (χ4n) is 3.94. The largest absolute Gasteiger partial charge is 0.453 e. The van der Waals surface area contributed by atoms with E-state index >= 15 is 0 Å². The number of benzene rings is 3. The van der Waals surface area contributed by atoms with Crippen LogP contribution in [0, 0.1) is 5.82 Å². The van der Waals surface area contributed by atoms with Gasteiger partial charge in [-0.25, -0.2) is 9.37 Å². The van der Waals surface area contributed by atoms with Crippen molar-refractivity contribution in [1.29, 1.82) is 0 Å². The first-order valence-electron chi connectivity index (χ1n) is 10.7. The lowest BCUT2D eigenvalue weighted by molar-refractivity contribution is 0.616. The van der Waals surface area contributed by atoms with Crippen molar-refractivity contribution in [2.45, 2.75) is 0 Å². The number of halogens is 1. The van der Waals surface area contributed by atoms with Gasteiger partial charge in [-0.1, -0.05) is 30.3 Å². The van der Waals surface area contributed by atoms with Gasteiger partial charge in [0.15, 0.2) is 5.76 Å². The summed E-state index contributed by atoms with van der Waals surface area (Å²) in [5.74, 6) is 0.432. The summed E-state index contributed by atoms with van der Waals surface area (Å²) in [5.41, 5.74) is 2.43. The zero-order valence-corrected chi connectivity index (χ0v) is 17.8. The minimum Gasteiger partial charge on any atom is -0.453 e. The number of furan rings is 1. The molecule has 0 unspecified atom stereocenters. The number of nitrogens with zero attached hydrogens (tertiary/aromatic N) is 4. The van der Waals surface area contributed by atoms with Crippen LogP contribution in [0.4, 0.5) is 4.39 Å². The van der Waals surface area contributed by atoms with Gasteiger partial charge in [0.1, 0.15) is 11.4 Å². The van der Waals surface area contributed by atoms with Crippen LogP contribution < -0.4 is 5.56 Å². The quantitative estimate of drug-likeness (QED) is 0.329. The molecule has 3 aromatic heterocycles. The van der Waals surface area contributed by atoms with E-state index in [1.807, 2.05) is 59.3 Å². The van der Waals surface area contributed by atoms with E-state index in [1.165, 1.54) is 16.8 Å². The third-order valence-electron chi connectivity index (χ3n) is 5.59. The third-order valence-corrected chi connectivity index (χ3v) is 5.59. The number of fused-ring (bicyclic) bond motifs is 2. The van der Waals surface area contributed by atoms with Crippen LogP contribution in [0.1, 0.15) is 5.69 Å². The van der Waals surface area contributed by atoms with Crippen LogP contribution in [0.3, 0.4) is 0 Å². The van der Waals surface area contributed by atoms with Crippen LogP contribution in [0.15, 0.2) is 112 Å². The fourth-order valence-corrected chi connectivity index (χ4v) is 3.94. The molecule has 0 bridgehead atoms. The maximum atomic E-state index is 13.4. The van der Waals surface area contributed by atoms with Crippen LogP contribution in [0.5, 0.6) is 0 Å². The third kappa shape index (κ3) is 3.40. The highest BCUT2D eigenvalue weighted by molar-refractivity contribution is 5.84. The van der Waals surface area contributed by atoms with E-state index in [0.717, 1.165) is 11.1 Å². The average Bonchev–Trinajstić information content (AvgIpc) is 3.51. The Labute approximate surface area is 192 Å². The lowest BCUT2D eigenvalue weighted by Gasteiger charge is -2.08.